The molecule has 0 aliphatic rings. The van der Waals surface area contributed by atoms with Crippen LogP contribution in [0, 0.1) is 0 Å². The van der Waals surface area contributed by atoms with Gasteiger partial charge in [-0.15, -0.1) is 0 Å². The van der Waals surface area contributed by atoms with Gasteiger partial charge in [-0.05, 0) is 38.1 Å². The van der Waals surface area contributed by atoms with E-state index in [1.165, 1.54) is 7.11 Å². The number of nitrogens with one attached hydrogen (secondary N) is 2. The van der Waals surface area contributed by atoms with Crippen LogP contribution in [0.15, 0.2) is 47.3 Å². The van der Waals surface area contributed by atoms with Gasteiger partial charge in [0.15, 0.2) is 11.5 Å². The van der Waals surface area contributed by atoms with Crippen molar-refractivity contribution in [2.45, 2.75) is 26.5 Å². The van der Waals surface area contributed by atoms with Crippen LogP contribution in [-0.2, 0) is 6.54 Å². The Balaban J connectivity index is 1.79. The third-order valence-electron chi connectivity index (χ3n) is 3.98. The van der Waals surface area contributed by atoms with Crippen molar-refractivity contribution < 1.29 is 14.3 Å². The Hall–Kier alpha value is -3.35. The Morgan fingerprint density at radius 3 is 2.59 bits per heavy atom. The summed E-state index contributed by atoms with van der Waals surface area (Å²) in [7, 11) is 1.53. The normalized spacial score (nSPS) is 10.8. The highest BCUT2D eigenvalue weighted by molar-refractivity contribution is 5.95. The van der Waals surface area contributed by atoms with Crippen molar-refractivity contribution in [3.05, 3.63) is 64.1 Å². The number of H-pyrrole nitrogens is 1. The van der Waals surface area contributed by atoms with Crippen LogP contribution < -0.4 is 20.3 Å². The molecule has 7 nitrogen and oxygen atoms in total. The molecule has 0 saturated carbocycles. The largest absolute Gasteiger partial charge is 0.493 e. The molecule has 7 heteroatoms. The molecule has 3 aromatic rings. The van der Waals surface area contributed by atoms with E-state index in [-0.39, 0.29) is 24.1 Å². The van der Waals surface area contributed by atoms with Crippen LogP contribution in [0.3, 0.4) is 0 Å². The number of aromatic amines is 1. The van der Waals surface area contributed by atoms with Crippen LogP contribution in [-0.4, -0.2) is 29.3 Å². The van der Waals surface area contributed by atoms with Crippen LogP contribution in [0.1, 0.15) is 29.9 Å². The van der Waals surface area contributed by atoms with Crippen LogP contribution in [0.5, 0.6) is 11.5 Å². The summed E-state index contributed by atoms with van der Waals surface area (Å²) in [5.41, 5.74) is 0.771. The zero-order valence-electron chi connectivity index (χ0n) is 15.4. The summed E-state index contributed by atoms with van der Waals surface area (Å²) in [6, 6.07) is 12.2. The van der Waals surface area contributed by atoms with Gasteiger partial charge in [-0.3, -0.25) is 9.59 Å². The van der Waals surface area contributed by atoms with E-state index in [4.69, 9.17) is 9.47 Å². The molecule has 1 amide bonds. The fourth-order valence-corrected chi connectivity index (χ4v) is 2.73. The Kier molecular flexibility index (Phi) is 5.40. The molecule has 2 N–H and O–H groups in total. The molecule has 0 atom stereocenters. The van der Waals surface area contributed by atoms with Crippen molar-refractivity contribution in [3.63, 3.8) is 0 Å². The second kappa shape index (κ2) is 7.90. The highest BCUT2D eigenvalue weighted by atomic mass is 16.5. The maximum Gasteiger partial charge on any atom is 0.272 e. The van der Waals surface area contributed by atoms with Gasteiger partial charge in [-0.2, -0.15) is 5.10 Å². The molecule has 0 saturated heterocycles. The number of rotatable bonds is 6. The van der Waals surface area contributed by atoms with E-state index >= 15 is 0 Å². The third-order valence-corrected chi connectivity index (χ3v) is 3.98. The Bertz CT molecular complexity index is 1030. The van der Waals surface area contributed by atoms with Crippen molar-refractivity contribution in [2.75, 3.05) is 7.11 Å². The van der Waals surface area contributed by atoms with Crippen LogP contribution in [0.2, 0.25) is 0 Å². The topological polar surface area (TPSA) is 93.3 Å². The summed E-state index contributed by atoms with van der Waals surface area (Å²) in [4.78, 5) is 24.4. The van der Waals surface area contributed by atoms with Crippen molar-refractivity contribution in [3.8, 4) is 11.5 Å². The number of amides is 1. The predicted octanol–water partition coefficient (Wildman–Crippen LogP) is 2.65. The zero-order chi connectivity index (χ0) is 19.4. The van der Waals surface area contributed by atoms with Crippen molar-refractivity contribution in [2.24, 2.45) is 0 Å². The van der Waals surface area contributed by atoms with Crippen molar-refractivity contribution in [1.82, 2.24) is 15.5 Å². The van der Waals surface area contributed by atoms with Crippen molar-refractivity contribution >= 4 is 16.7 Å². The SMILES string of the molecule is COc1cc(C(=O)NCc2n[nH]c(=O)c3ccccc23)ccc1OC(C)C. The summed E-state index contributed by atoms with van der Waals surface area (Å²) in [6.07, 6.45) is -0.00170. The molecule has 0 spiro atoms. The van der Waals surface area contributed by atoms with Gasteiger partial charge in [-0.1, -0.05) is 18.2 Å². The number of aromatic nitrogens is 2. The van der Waals surface area contributed by atoms with Gasteiger partial charge < -0.3 is 14.8 Å². The van der Waals surface area contributed by atoms with E-state index in [2.05, 4.69) is 15.5 Å². The minimum absolute atomic E-state index is 0.00170. The maximum absolute atomic E-state index is 12.5. The summed E-state index contributed by atoms with van der Waals surface area (Å²) in [5, 5.41) is 10.6. The minimum atomic E-state index is -0.276. The van der Waals surface area contributed by atoms with E-state index < -0.39 is 0 Å². The summed E-state index contributed by atoms with van der Waals surface area (Å²) in [6.45, 7) is 4.02. The molecule has 0 unspecified atom stereocenters. The summed E-state index contributed by atoms with van der Waals surface area (Å²) >= 11 is 0. The molecular formula is C20H21N3O4. The second-order valence-corrected chi connectivity index (χ2v) is 6.26. The predicted molar refractivity (Wildman–Crippen MR) is 102 cm³/mol. The second-order valence-electron chi connectivity index (χ2n) is 6.26. The van der Waals surface area contributed by atoms with E-state index in [0.29, 0.717) is 33.5 Å². The number of methoxy groups -OCH3 is 1. The summed E-state index contributed by atoms with van der Waals surface area (Å²) < 4.78 is 11.0. The number of carbonyl (C=O) groups is 1. The molecule has 140 valence electrons. The monoisotopic (exact) mass is 367 g/mol. The highest BCUT2D eigenvalue weighted by Crippen LogP contribution is 2.29. The molecule has 1 aromatic heterocycles. The van der Waals surface area contributed by atoms with E-state index in [1.807, 2.05) is 19.9 Å². The number of carbonyl (C=O) groups excluding carboxylic acids is 1. The first-order valence-electron chi connectivity index (χ1n) is 8.58. The Labute approximate surface area is 156 Å². The quantitative estimate of drug-likeness (QED) is 0.699. The molecule has 1 heterocycles. The number of ether oxygens (including phenoxy) is 2. The fraction of sp³-hybridized carbons (Fsp3) is 0.250. The maximum atomic E-state index is 12.5. The molecule has 2 aromatic carbocycles. The third kappa shape index (κ3) is 4.08. The minimum Gasteiger partial charge on any atom is -0.493 e. The Morgan fingerprint density at radius 2 is 1.89 bits per heavy atom. The van der Waals surface area contributed by atoms with Crippen LogP contribution in [0.4, 0.5) is 0 Å². The average Bonchev–Trinajstić information content (AvgIpc) is 2.67. The van der Waals surface area contributed by atoms with Gasteiger partial charge in [-0.25, -0.2) is 5.10 Å². The first-order chi connectivity index (χ1) is 13.0. The molecule has 3 rings (SSSR count). The Morgan fingerprint density at radius 1 is 1.15 bits per heavy atom. The number of nitrogens with zero attached hydrogens (tertiary/aromatic N) is 1. The van der Waals surface area contributed by atoms with Gasteiger partial charge >= 0.3 is 0 Å². The standard InChI is InChI=1S/C20H21N3O4/c1-12(2)27-17-9-8-13(10-18(17)26-3)19(24)21-11-16-14-6-4-5-7-15(14)20(25)23-22-16/h4-10,12H,11H2,1-3H3,(H,21,24)(H,23,25). The molecule has 0 aliphatic carbocycles. The number of benzene rings is 2. The molecule has 0 aliphatic heterocycles. The molecule has 0 radical (unpaired) electrons. The van der Waals surface area contributed by atoms with E-state index in [1.54, 1.807) is 36.4 Å². The van der Waals surface area contributed by atoms with E-state index in [0.717, 1.165) is 0 Å². The number of hydrogen-bond donors (Lipinski definition) is 2. The highest BCUT2D eigenvalue weighted by Gasteiger charge is 2.13. The van der Waals surface area contributed by atoms with Crippen LogP contribution >= 0.6 is 0 Å². The van der Waals surface area contributed by atoms with E-state index in [9.17, 15) is 9.59 Å². The number of fused-ring (bicyclic) bond motifs is 1. The van der Waals surface area contributed by atoms with Gasteiger partial charge in [0.2, 0.25) is 0 Å². The molecular weight excluding hydrogens is 346 g/mol. The lowest BCUT2D eigenvalue weighted by Gasteiger charge is -2.14. The zero-order valence-corrected chi connectivity index (χ0v) is 15.4. The molecule has 0 bridgehead atoms. The average molecular weight is 367 g/mol. The van der Waals surface area contributed by atoms with Crippen molar-refractivity contribution in [1.29, 1.82) is 0 Å². The number of hydrogen-bond acceptors (Lipinski definition) is 5. The lowest BCUT2D eigenvalue weighted by molar-refractivity contribution is 0.0950. The lowest BCUT2D eigenvalue weighted by atomic mass is 10.1. The molecule has 27 heavy (non-hydrogen) atoms. The molecule has 0 fully saturated rings. The first kappa shape index (κ1) is 18.4. The van der Waals surface area contributed by atoms with Gasteiger partial charge in [0.1, 0.15) is 0 Å². The van der Waals surface area contributed by atoms with Gasteiger partial charge in [0.05, 0.1) is 30.8 Å². The summed E-state index contributed by atoms with van der Waals surface area (Å²) in [5.74, 6) is 0.794. The van der Waals surface area contributed by atoms with Crippen LogP contribution in [0.25, 0.3) is 10.8 Å². The van der Waals surface area contributed by atoms with Gasteiger partial charge in [0.25, 0.3) is 11.5 Å². The smallest absolute Gasteiger partial charge is 0.272 e. The fourth-order valence-electron chi connectivity index (χ4n) is 2.73. The lowest BCUT2D eigenvalue weighted by Crippen LogP contribution is -2.24. The first-order valence-corrected chi connectivity index (χ1v) is 8.58. The van der Waals surface area contributed by atoms with Gasteiger partial charge in [0, 0.05) is 10.9 Å².